The van der Waals surface area contributed by atoms with Crippen LogP contribution in [0.2, 0.25) is 0 Å². The Morgan fingerprint density at radius 1 is 1.35 bits per heavy atom. The summed E-state index contributed by atoms with van der Waals surface area (Å²) >= 11 is 0. The van der Waals surface area contributed by atoms with Gasteiger partial charge < -0.3 is 14.8 Å². The average Bonchev–Trinajstić information content (AvgIpc) is 3.04. The van der Waals surface area contributed by atoms with E-state index in [2.05, 4.69) is 5.32 Å². The molecule has 20 heavy (non-hydrogen) atoms. The molecule has 0 radical (unpaired) electrons. The van der Waals surface area contributed by atoms with Gasteiger partial charge in [-0.2, -0.15) is 0 Å². The van der Waals surface area contributed by atoms with Crippen molar-refractivity contribution >= 4 is 5.91 Å². The number of ether oxygens (including phenoxy) is 2. The lowest BCUT2D eigenvalue weighted by molar-refractivity contribution is -0.130. The van der Waals surface area contributed by atoms with Gasteiger partial charge in [0.15, 0.2) is 0 Å². The zero-order valence-electron chi connectivity index (χ0n) is 11.6. The predicted molar refractivity (Wildman–Crippen MR) is 75.6 cm³/mol. The Balaban J connectivity index is 1.43. The molecular formula is C16H21NO3. The van der Waals surface area contributed by atoms with E-state index in [4.69, 9.17) is 9.47 Å². The topological polar surface area (TPSA) is 47.6 Å². The summed E-state index contributed by atoms with van der Waals surface area (Å²) in [5.41, 5.74) is 0.129. The molecule has 1 saturated heterocycles. The first kappa shape index (κ1) is 13.4. The van der Waals surface area contributed by atoms with Crippen LogP contribution in [0, 0.1) is 5.41 Å². The molecule has 0 spiro atoms. The Morgan fingerprint density at radius 3 is 2.80 bits per heavy atom. The second-order valence-corrected chi connectivity index (χ2v) is 5.82. The van der Waals surface area contributed by atoms with Gasteiger partial charge in [-0.05, 0) is 37.8 Å². The van der Waals surface area contributed by atoms with Crippen molar-refractivity contribution in [3.63, 3.8) is 0 Å². The van der Waals surface area contributed by atoms with Gasteiger partial charge in [0.1, 0.15) is 11.9 Å². The molecule has 2 fully saturated rings. The van der Waals surface area contributed by atoms with Crippen molar-refractivity contribution in [1.82, 2.24) is 5.32 Å². The molecule has 0 aromatic heterocycles. The summed E-state index contributed by atoms with van der Waals surface area (Å²) < 4.78 is 11.2. The SMILES string of the molecule is O=C(NCC1(COc2ccccc2)CC1)[C@H]1CCCO1. The molecule has 108 valence electrons. The van der Waals surface area contributed by atoms with Crippen LogP contribution < -0.4 is 10.1 Å². The third kappa shape index (κ3) is 3.31. The van der Waals surface area contributed by atoms with Crippen LogP contribution in [0.4, 0.5) is 0 Å². The third-order valence-corrected chi connectivity index (χ3v) is 4.11. The minimum Gasteiger partial charge on any atom is -0.493 e. The minimum absolute atomic E-state index is 0.0356. The number of carbonyl (C=O) groups is 1. The standard InChI is InChI=1S/C16H21NO3/c18-15(14-7-4-10-19-14)17-11-16(8-9-16)12-20-13-5-2-1-3-6-13/h1-3,5-6,14H,4,7-12H2,(H,17,18)/t14-/m1/s1. The van der Waals surface area contributed by atoms with E-state index in [1.807, 2.05) is 30.3 Å². The van der Waals surface area contributed by atoms with Crippen molar-refractivity contribution in [3.8, 4) is 5.75 Å². The fourth-order valence-electron chi connectivity index (χ4n) is 2.47. The first-order chi connectivity index (χ1) is 9.77. The van der Waals surface area contributed by atoms with E-state index in [1.165, 1.54) is 0 Å². The summed E-state index contributed by atoms with van der Waals surface area (Å²) in [5, 5.41) is 3.02. The van der Waals surface area contributed by atoms with E-state index >= 15 is 0 Å². The quantitative estimate of drug-likeness (QED) is 0.865. The lowest BCUT2D eigenvalue weighted by Crippen LogP contribution is -2.39. The van der Waals surface area contributed by atoms with Gasteiger partial charge in [-0.3, -0.25) is 4.79 Å². The zero-order chi connectivity index (χ0) is 13.8. The molecule has 1 amide bonds. The molecular weight excluding hydrogens is 254 g/mol. The highest BCUT2D eigenvalue weighted by atomic mass is 16.5. The average molecular weight is 275 g/mol. The van der Waals surface area contributed by atoms with Crippen LogP contribution in [0.25, 0.3) is 0 Å². The summed E-state index contributed by atoms with van der Waals surface area (Å²) in [7, 11) is 0. The summed E-state index contributed by atoms with van der Waals surface area (Å²) in [4.78, 5) is 11.9. The molecule has 1 aromatic carbocycles. The van der Waals surface area contributed by atoms with Crippen molar-refractivity contribution in [2.24, 2.45) is 5.41 Å². The van der Waals surface area contributed by atoms with Gasteiger partial charge in [0.05, 0.1) is 6.61 Å². The Labute approximate surface area is 119 Å². The predicted octanol–water partition coefficient (Wildman–Crippen LogP) is 2.14. The lowest BCUT2D eigenvalue weighted by Gasteiger charge is -2.18. The third-order valence-electron chi connectivity index (χ3n) is 4.11. The molecule has 2 aliphatic rings. The van der Waals surface area contributed by atoms with E-state index in [-0.39, 0.29) is 17.4 Å². The van der Waals surface area contributed by atoms with Crippen LogP contribution in [-0.2, 0) is 9.53 Å². The monoisotopic (exact) mass is 275 g/mol. The molecule has 0 bridgehead atoms. The zero-order valence-corrected chi connectivity index (χ0v) is 11.6. The van der Waals surface area contributed by atoms with Crippen molar-refractivity contribution in [2.45, 2.75) is 31.8 Å². The second-order valence-electron chi connectivity index (χ2n) is 5.82. The number of hydrogen-bond donors (Lipinski definition) is 1. The van der Waals surface area contributed by atoms with E-state index in [0.717, 1.165) is 31.4 Å². The van der Waals surface area contributed by atoms with E-state index in [9.17, 15) is 4.79 Å². The maximum Gasteiger partial charge on any atom is 0.249 e. The number of amides is 1. The highest BCUT2D eigenvalue weighted by Gasteiger charge is 2.44. The normalized spacial score (nSPS) is 23.3. The minimum atomic E-state index is -0.235. The fourth-order valence-corrected chi connectivity index (χ4v) is 2.47. The van der Waals surface area contributed by atoms with Gasteiger partial charge in [-0.25, -0.2) is 0 Å². The van der Waals surface area contributed by atoms with Crippen LogP contribution >= 0.6 is 0 Å². The number of benzene rings is 1. The van der Waals surface area contributed by atoms with Crippen LogP contribution in [0.15, 0.2) is 30.3 Å². The first-order valence-corrected chi connectivity index (χ1v) is 7.35. The summed E-state index contributed by atoms with van der Waals surface area (Å²) in [6.07, 6.45) is 3.83. The second kappa shape index (κ2) is 5.83. The van der Waals surface area contributed by atoms with Gasteiger partial charge in [0, 0.05) is 18.6 Å². The maximum atomic E-state index is 11.9. The van der Waals surface area contributed by atoms with Crippen molar-refractivity contribution in [1.29, 1.82) is 0 Å². The molecule has 1 aliphatic carbocycles. The highest BCUT2D eigenvalue weighted by Crippen LogP contribution is 2.45. The van der Waals surface area contributed by atoms with Crippen LogP contribution in [0.3, 0.4) is 0 Å². The molecule has 1 atom stereocenters. The van der Waals surface area contributed by atoms with Gasteiger partial charge in [-0.15, -0.1) is 0 Å². The molecule has 0 unspecified atom stereocenters. The van der Waals surface area contributed by atoms with Crippen molar-refractivity contribution < 1.29 is 14.3 Å². The molecule has 4 nitrogen and oxygen atoms in total. The van der Waals surface area contributed by atoms with Gasteiger partial charge in [0.2, 0.25) is 5.91 Å². The van der Waals surface area contributed by atoms with Crippen molar-refractivity contribution in [2.75, 3.05) is 19.8 Å². The number of nitrogens with one attached hydrogen (secondary N) is 1. The largest absolute Gasteiger partial charge is 0.493 e. The van der Waals surface area contributed by atoms with Crippen LogP contribution in [-0.4, -0.2) is 31.8 Å². The van der Waals surface area contributed by atoms with Crippen molar-refractivity contribution in [3.05, 3.63) is 30.3 Å². The maximum absolute atomic E-state index is 11.9. The molecule has 1 aromatic rings. The number of rotatable bonds is 6. The number of hydrogen-bond acceptors (Lipinski definition) is 3. The number of para-hydroxylation sites is 1. The molecule has 3 rings (SSSR count). The highest BCUT2D eigenvalue weighted by molar-refractivity contribution is 5.81. The summed E-state index contributed by atoms with van der Waals surface area (Å²) in [6.45, 7) is 2.07. The molecule has 4 heteroatoms. The Hall–Kier alpha value is -1.55. The van der Waals surface area contributed by atoms with E-state index < -0.39 is 0 Å². The van der Waals surface area contributed by atoms with Gasteiger partial charge >= 0.3 is 0 Å². The smallest absolute Gasteiger partial charge is 0.249 e. The van der Waals surface area contributed by atoms with E-state index in [0.29, 0.717) is 19.8 Å². The molecule has 1 N–H and O–H groups in total. The summed E-state index contributed by atoms with van der Waals surface area (Å²) in [6, 6.07) is 9.83. The lowest BCUT2D eigenvalue weighted by atomic mass is 10.1. The fraction of sp³-hybridized carbons (Fsp3) is 0.562. The van der Waals surface area contributed by atoms with Crippen LogP contribution in [0.1, 0.15) is 25.7 Å². The number of carbonyl (C=O) groups excluding carboxylic acids is 1. The Bertz CT molecular complexity index is 450. The molecule has 1 heterocycles. The first-order valence-electron chi connectivity index (χ1n) is 7.35. The van der Waals surface area contributed by atoms with Gasteiger partial charge in [-0.1, -0.05) is 18.2 Å². The van der Waals surface area contributed by atoms with E-state index in [1.54, 1.807) is 0 Å². The molecule has 1 saturated carbocycles. The summed E-state index contributed by atoms with van der Waals surface area (Å²) in [5.74, 6) is 0.928. The van der Waals surface area contributed by atoms with Gasteiger partial charge in [0.25, 0.3) is 0 Å². The Morgan fingerprint density at radius 2 is 2.15 bits per heavy atom. The molecule has 1 aliphatic heterocycles. The Kier molecular flexibility index (Phi) is 3.92. The van der Waals surface area contributed by atoms with Crippen LogP contribution in [0.5, 0.6) is 5.75 Å².